The third-order valence-corrected chi connectivity index (χ3v) is 7.20. The van der Waals surface area contributed by atoms with Crippen molar-refractivity contribution >= 4 is 51.3 Å². The molecule has 0 aliphatic carbocycles. The van der Waals surface area contributed by atoms with Gasteiger partial charge >= 0.3 is 0 Å². The lowest BCUT2D eigenvalue weighted by molar-refractivity contribution is -0.118. The van der Waals surface area contributed by atoms with Gasteiger partial charge in [-0.3, -0.25) is 9.59 Å². The van der Waals surface area contributed by atoms with Gasteiger partial charge in [0.2, 0.25) is 5.82 Å². The van der Waals surface area contributed by atoms with E-state index in [1.807, 2.05) is 0 Å². The second-order valence-electron chi connectivity index (χ2n) is 10.2. The Bertz CT molecular complexity index is 2210. The van der Waals surface area contributed by atoms with Gasteiger partial charge in [-0.15, -0.1) is 6.58 Å². The highest BCUT2D eigenvalue weighted by molar-refractivity contribution is 6.31. The molecule has 11 heteroatoms. The van der Waals surface area contributed by atoms with Crippen LogP contribution >= 0.6 is 11.6 Å². The number of methoxy groups -OCH3 is 1. The number of carbonyl (C=O) groups is 1. The fraction of sp³-hybridized carbons (Fsp3) is 0.0857. The smallest absolute Gasteiger partial charge is 0.282 e. The summed E-state index contributed by atoms with van der Waals surface area (Å²) in [6.45, 7) is 3.47. The summed E-state index contributed by atoms with van der Waals surface area (Å²) >= 11 is 6.18. The molecule has 0 bridgehead atoms. The first-order valence-electron chi connectivity index (χ1n) is 14.1. The molecule has 1 N–H and O–H groups in total. The maximum atomic E-state index is 13.7. The number of aromatic nitrogens is 2. The summed E-state index contributed by atoms with van der Waals surface area (Å²) in [5.74, 6) is 0.254. The zero-order chi connectivity index (χ0) is 32.2. The second-order valence-corrected chi connectivity index (χ2v) is 10.6. The number of rotatable bonds is 10. The van der Waals surface area contributed by atoms with Gasteiger partial charge in [0.15, 0.2) is 23.9 Å². The Hall–Kier alpha value is -5.74. The van der Waals surface area contributed by atoms with E-state index in [4.69, 9.17) is 30.5 Å². The molecule has 0 spiro atoms. The highest BCUT2D eigenvalue weighted by atomic mass is 35.5. The number of amides is 1. The second kappa shape index (κ2) is 13.1. The van der Waals surface area contributed by atoms with E-state index in [2.05, 4.69) is 17.0 Å². The number of anilines is 1. The van der Waals surface area contributed by atoms with Crippen molar-refractivity contribution in [1.82, 2.24) is 9.66 Å². The van der Waals surface area contributed by atoms with Crippen molar-refractivity contribution in [3.05, 3.63) is 130 Å². The Kier molecular flexibility index (Phi) is 8.62. The first kappa shape index (κ1) is 30.3. The van der Waals surface area contributed by atoms with Crippen LogP contribution in [0.5, 0.6) is 11.5 Å². The van der Waals surface area contributed by atoms with Gasteiger partial charge in [0.05, 0.1) is 24.2 Å². The maximum Gasteiger partial charge on any atom is 0.282 e. The Labute approximate surface area is 267 Å². The molecule has 2 heterocycles. The number of benzene rings is 4. The van der Waals surface area contributed by atoms with E-state index < -0.39 is 17.3 Å². The molecule has 9 nitrogen and oxygen atoms in total. The van der Waals surface area contributed by atoms with E-state index in [9.17, 15) is 14.0 Å². The average molecular weight is 637 g/mol. The Morgan fingerprint density at radius 2 is 1.96 bits per heavy atom. The number of hydrogen-bond acceptors (Lipinski definition) is 7. The predicted molar refractivity (Wildman–Crippen MR) is 177 cm³/mol. The predicted octanol–water partition coefficient (Wildman–Crippen LogP) is 7.24. The van der Waals surface area contributed by atoms with Crippen LogP contribution in [-0.2, 0) is 11.2 Å². The lowest BCUT2D eigenvalue weighted by Gasteiger charge is -2.16. The lowest BCUT2D eigenvalue weighted by Crippen LogP contribution is -2.21. The molecule has 2 aromatic heterocycles. The highest BCUT2D eigenvalue weighted by Gasteiger charge is 2.18. The molecule has 4 aromatic carbocycles. The Morgan fingerprint density at radius 3 is 2.76 bits per heavy atom. The zero-order valence-corrected chi connectivity index (χ0v) is 25.3. The van der Waals surface area contributed by atoms with Gasteiger partial charge in [0.1, 0.15) is 11.4 Å². The first-order valence-corrected chi connectivity index (χ1v) is 14.5. The Balaban J connectivity index is 1.35. The van der Waals surface area contributed by atoms with Crippen molar-refractivity contribution in [2.45, 2.75) is 6.42 Å². The quantitative estimate of drug-likeness (QED) is 0.125. The van der Waals surface area contributed by atoms with Crippen LogP contribution in [0.4, 0.5) is 10.1 Å². The van der Waals surface area contributed by atoms with Crippen molar-refractivity contribution in [3.63, 3.8) is 0 Å². The van der Waals surface area contributed by atoms with Crippen LogP contribution in [0.25, 0.3) is 33.5 Å². The largest absolute Gasteiger partial charge is 0.493 e. The molecular weight excluding hydrogens is 611 g/mol. The minimum Gasteiger partial charge on any atom is -0.493 e. The molecule has 0 saturated carbocycles. The summed E-state index contributed by atoms with van der Waals surface area (Å²) < 4.78 is 32.2. The summed E-state index contributed by atoms with van der Waals surface area (Å²) in [5, 5.41) is 8.82. The van der Waals surface area contributed by atoms with Gasteiger partial charge in [0.25, 0.3) is 11.5 Å². The molecule has 0 aliphatic heterocycles. The van der Waals surface area contributed by atoms with E-state index in [0.29, 0.717) is 62.0 Å². The third kappa shape index (κ3) is 6.38. The molecule has 0 atom stereocenters. The van der Waals surface area contributed by atoms with E-state index >= 15 is 0 Å². The minimum absolute atomic E-state index is 0.204. The molecule has 6 aromatic rings. The first-order chi connectivity index (χ1) is 22.3. The highest BCUT2D eigenvalue weighted by Crippen LogP contribution is 2.34. The van der Waals surface area contributed by atoms with E-state index in [0.717, 1.165) is 5.39 Å². The third-order valence-electron chi connectivity index (χ3n) is 6.97. The van der Waals surface area contributed by atoms with Crippen LogP contribution in [-0.4, -0.2) is 35.5 Å². The number of ether oxygens (including phenoxy) is 2. The molecule has 230 valence electrons. The number of hydrogen-bond donors (Lipinski definition) is 1. The van der Waals surface area contributed by atoms with Crippen LogP contribution in [0.15, 0.2) is 112 Å². The van der Waals surface area contributed by atoms with Gasteiger partial charge in [-0.1, -0.05) is 35.9 Å². The number of allylic oxidation sites excluding steroid dienone is 1. The summed E-state index contributed by atoms with van der Waals surface area (Å²) in [7, 11) is 1.47. The number of furan rings is 1. The van der Waals surface area contributed by atoms with Crippen LogP contribution in [0.2, 0.25) is 5.02 Å². The van der Waals surface area contributed by atoms with E-state index in [1.165, 1.54) is 36.2 Å². The number of para-hydroxylation sites is 1. The maximum absolute atomic E-state index is 13.7. The molecule has 46 heavy (non-hydrogen) atoms. The summed E-state index contributed by atoms with van der Waals surface area (Å²) in [4.78, 5) is 30.9. The number of carbonyl (C=O) groups excluding carboxylic acids is 1. The summed E-state index contributed by atoms with van der Waals surface area (Å²) in [6.07, 6.45) is 3.55. The average Bonchev–Trinajstić information content (AvgIpc) is 3.47. The molecule has 0 saturated heterocycles. The van der Waals surface area contributed by atoms with Gasteiger partial charge in [-0.25, -0.2) is 9.37 Å². The van der Waals surface area contributed by atoms with Gasteiger partial charge in [-0.05, 0) is 78.7 Å². The molecule has 1 amide bonds. The van der Waals surface area contributed by atoms with Crippen LogP contribution < -0.4 is 20.3 Å². The SMILES string of the molecule is C=CCc1cc(C=Nn2c(-c3cc4cc(Cl)ccc4o3)nc3ccccc3c2=O)cc(OC)c1OCC(=O)Nc1cccc(F)c1. The number of nitrogens with one attached hydrogen (secondary N) is 1. The molecule has 0 radical (unpaired) electrons. The van der Waals surface area contributed by atoms with E-state index in [-0.39, 0.29) is 12.4 Å². The minimum atomic E-state index is -0.480. The number of nitrogens with zero attached hydrogens (tertiary/aromatic N) is 3. The molecule has 0 aliphatic rings. The molecule has 0 fully saturated rings. The van der Waals surface area contributed by atoms with Crippen molar-refractivity contribution in [2.24, 2.45) is 5.10 Å². The molecule has 6 rings (SSSR count). The summed E-state index contributed by atoms with van der Waals surface area (Å²) in [5.41, 5.74) is 2.22. The molecule has 0 unspecified atom stereocenters. The van der Waals surface area contributed by atoms with Crippen molar-refractivity contribution in [2.75, 3.05) is 19.0 Å². The van der Waals surface area contributed by atoms with Crippen molar-refractivity contribution in [1.29, 1.82) is 0 Å². The van der Waals surface area contributed by atoms with Gasteiger partial charge in [0, 0.05) is 21.7 Å². The van der Waals surface area contributed by atoms with Crippen LogP contribution in [0.3, 0.4) is 0 Å². The van der Waals surface area contributed by atoms with E-state index in [1.54, 1.807) is 72.8 Å². The Morgan fingerprint density at radius 1 is 1.11 bits per heavy atom. The van der Waals surface area contributed by atoms with Crippen LogP contribution in [0, 0.1) is 5.82 Å². The topological polar surface area (TPSA) is 108 Å². The van der Waals surface area contributed by atoms with Gasteiger partial charge < -0.3 is 19.2 Å². The zero-order valence-electron chi connectivity index (χ0n) is 24.5. The number of fused-ring (bicyclic) bond motifs is 2. The normalized spacial score (nSPS) is 11.3. The van der Waals surface area contributed by atoms with Crippen molar-refractivity contribution < 1.29 is 23.1 Å². The van der Waals surface area contributed by atoms with Crippen molar-refractivity contribution in [3.8, 4) is 23.1 Å². The lowest BCUT2D eigenvalue weighted by atomic mass is 10.1. The van der Waals surface area contributed by atoms with Gasteiger partial charge in [-0.2, -0.15) is 9.78 Å². The monoisotopic (exact) mass is 636 g/mol. The fourth-order valence-corrected chi connectivity index (χ4v) is 5.10. The van der Waals surface area contributed by atoms with Crippen LogP contribution in [0.1, 0.15) is 11.1 Å². The molecular formula is C35H26ClFN4O5. The summed E-state index contributed by atoms with van der Waals surface area (Å²) in [6, 6.07) is 23.0. The standard InChI is InChI=1S/C35H26ClFN4O5/c1-3-7-22-14-21(15-30(44-2)33(22)45-20-32(42)39-26-9-6-8-25(37)18-26)19-38-41-34(40-28-11-5-4-10-27(28)35(41)43)31-17-23-16-24(36)12-13-29(23)46-31/h3-6,8-19H,1,7,20H2,2H3,(H,39,42). The number of halogens is 2. The fourth-order valence-electron chi connectivity index (χ4n) is 4.92.